The molecule has 2 aromatic carbocycles. The number of aryl methyl sites for hydroxylation is 1. The number of nitro groups is 1. The number of nitrogens with one attached hydrogen (secondary N) is 1. The molecule has 0 unspecified atom stereocenters. The highest BCUT2D eigenvalue weighted by molar-refractivity contribution is 6.03. The highest BCUT2D eigenvalue weighted by Gasteiger charge is 2.14. The van der Waals surface area contributed by atoms with Crippen LogP contribution in [0, 0.1) is 17.0 Å². The molecule has 0 fully saturated rings. The van der Waals surface area contributed by atoms with E-state index in [9.17, 15) is 19.7 Å². The van der Waals surface area contributed by atoms with Crippen molar-refractivity contribution in [3.63, 3.8) is 0 Å². The third kappa shape index (κ3) is 4.97. The molecule has 2 rings (SSSR count). The molecule has 0 aromatic heterocycles. The van der Waals surface area contributed by atoms with Gasteiger partial charge in [0.1, 0.15) is 0 Å². The zero-order valence-corrected chi connectivity index (χ0v) is 14.0. The topological polar surface area (TPSA) is 122 Å². The predicted octanol–water partition coefficient (Wildman–Crippen LogP) is 2.90. The van der Waals surface area contributed by atoms with Crippen molar-refractivity contribution in [3.8, 4) is 0 Å². The first-order valence-electron chi connectivity index (χ1n) is 7.77. The highest BCUT2D eigenvalue weighted by Crippen LogP contribution is 2.18. The van der Waals surface area contributed by atoms with Crippen LogP contribution in [0.4, 0.5) is 5.69 Å². The number of carboxylic acid groups (broad SMARTS) is 1. The van der Waals surface area contributed by atoms with E-state index in [1.54, 1.807) is 31.2 Å². The SMILES string of the molecule is Cc1cc(C(=O)NN=C(CCC(=O)O)c2ccccc2)ccc1[N+](=O)[O-]. The molecule has 0 bridgehead atoms. The van der Waals surface area contributed by atoms with Crippen LogP contribution in [-0.2, 0) is 4.79 Å². The molecule has 0 aliphatic rings. The number of nitro benzene ring substituents is 1. The molecule has 0 saturated heterocycles. The summed E-state index contributed by atoms with van der Waals surface area (Å²) in [4.78, 5) is 33.4. The van der Waals surface area contributed by atoms with E-state index >= 15 is 0 Å². The summed E-state index contributed by atoms with van der Waals surface area (Å²) in [6.45, 7) is 1.54. The molecule has 0 spiro atoms. The summed E-state index contributed by atoms with van der Waals surface area (Å²) < 4.78 is 0. The van der Waals surface area contributed by atoms with Gasteiger partial charge in [-0.1, -0.05) is 30.3 Å². The van der Waals surface area contributed by atoms with Crippen molar-refractivity contribution in [3.05, 3.63) is 75.3 Å². The van der Waals surface area contributed by atoms with Crippen LogP contribution in [0.2, 0.25) is 0 Å². The van der Waals surface area contributed by atoms with E-state index in [2.05, 4.69) is 10.5 Å². The van der Waals surface area contributed by atoms with Crippen LogP contribution in [0.3, 0.4) is 0 Å². The maximum Gasteiger partial charge on any atom is 0.303 e. The van der Waals surface area contributed by atoms with E-state index in [1.807, 2.05) is 6.07 Å². The van der Waals surface area contributed by atoms with Gasteiger partial charge < -0.3 is 5.11 Å². The van der Waals surface area contributed by atoms with Crippen molar-refractivity contribution in [1.82, 2.24) is 5.43 Å². The van der Waals surface area contributed by atoms with Gasteiger partial charge in [-0.25, -0.2) is 5.43 Å². The third-order valence-corrected chi connectivity index (χ3v) is 3.63. The van der Waals surface area contributed by atoms with E-state index in [1.165, 1.54) is 18.2 Å². The molecule has 0 saturated carbocycles. The Kier molecular flexibility index (Phi) is 6.15. The van der Waals surface area contributed by atoms with Gasteiger partial charge in [-0.2, -0.15) is 5.10 Å². The Morgan fingerprint density at radius 2 is 1.81 bits per heavy atom. The van der Waals surface area contributed by atoms with E-state index < -0.39 is 16.8 Å². The number of rotatable bonds is 7. The smallest absolute Gasteiger partial charge is 0.303 e. The van der Waals surface area contributed by atoms with Crippen LogP contribution >= 0.6 is 0 Å². The van der Waals surface area contributed by atoms with Gasteiger partial charge in [0.05, 0.1) is 17.1 Å². The summed E-state index contributed by atoms with van der Waals surface area (Å²) in [7, 11) is 0. The minimum Gasteiger partial charge on any atom is -0.481 e. The number of hydrogen-bond acceptors (Lipinski definition) is 5. The van der Waals surface area contributed by atoms with Crippen molar-refractivity contribution in [1.29, 1.82) is 0 Å². The maximum absolute atomic E-state index is 12.2. The normalized spacial score (nSPS) is 11.0. The molecular formula is C18H17N3O5. The lowest BCUT2D eigenvalue weighted by Gasteiger charge is -2.07. The molecule has 2 aromatic rings. The van der Waals surface area contributed by atoms with E-state index in [0.717, 1.165) is 0 Å². The van der Waals surface area contributed by atoms with E-state index in [-0.39, 0.29) is 24.1 Å². The second kappa shape index (κ2) is 8.52. The Bertz CT molecular complexity index is 862. The van der Waals surface area contributed by atoms with Gasteiger partial charge >= 0.3 is 5.97 Å². The first kappa shape index (κ1) is 18.8. The van der Waals surface area contributed by atoms with Crippen LogP contribution in [0.25, 0.3) is 0 Å². The Hall–Kier alpha value is -3.55. The largest absolute Gasteiger partial charge is 0.481 e. The summed E-state index contributed by atoms with van der Waals surface area (Å²) in [6, 6.07) is 12.9. The highest BCUT2D eigenvalue weighted by atomic mass is 16.6. The fraction of sp³-hybridized carbons (Fsp3) is 0.167. The maximum atomic E-state index is 12.2. The zero-order valence-electron chi connectivity index (χ0n) is 14.0. The second-order valence-corrected chi connectivity index (χ2v) is 5.52. The van der Waals surface area contributed by atoms with Gasteiger partial charge in [0.25, 0.3) is 11.6 Å². The fourth-order valence-corrected chi connectivity index (χ4v) is 2.31. The molecule has 8 heteroatoms. The van der Waals surface area contributed by atoms with Crippen molar-refractivity contribution < 1.29 is 19.6 Å². The summed E-state index contributed by atoms with van der Waals surface area (Å²) in [5, 5.41) is 23.8. The van der Waals surface area contributed by atoms with Crippen molar-refractivity contribution in [2.75, 3.05) is 0 Å². The Morgan fingerprint density at radius 3 is 2.38 bits per heavy atom. The van der Waals surface area contributed by atoms with E-state index in [0.29, 0.717) is 16.8 Å². The minimum absolute atomic E-state index is 0.0727. The quantitative estimate of drug-likeness (QED) is 0.449. The number of hydrogen-bond donors (Lipinski definition) is 2. The summed E-state index contributed by atoms with van der Waals surface area (Å²) in [5.41, 5.74) is 4.03. The lowest BCUT2D eigenvalue weighted by molar-refractivity contribution is -0.385. The van der Waals surface area contributed by atoms with Crippen LogP contribution in [0.5, 0.6) is 0 Å². The van der Waals surface area contributed by atoms with Gasteiger partial charge in [-0.05, 0) is 24.6 Å². The van der Waals surface area contributed by atoms with Gasteiger partial charge in [0.15, 0.2) is 0 Å². The zero-order chi connectivity index (χ0) is 19.1. The Balaban J connectivity index is 2.20. The number of hydrazone groups is 1. The molecule has 134 valence electrons. The second-order valence-electron chi connectivity index (χ2n) is 5.52. The summed E-state index contributed by atoms with van der Waals surface area (Å²) >= 11 is 0. The predicted molar refractivity (Wildman–Crippen MR) is 95.1 cm³/mol. The number of benzene rings is 2. The van der Waals surface area contributed by atoms with Crippen LogP contribution in [0.15, 0.2) is 53.6 Å². The molecule has 26 heavy (non-hydrogen) atoms. The Labute approximate surface area is 149 Å². The number of aliphatic carboxylic acids is 1. The van der Waals surface area contributed by atoms with E-state index in [4.69, 9.17) is 5.11 Å². The molecule has 0 radical (unpaired) electrons. The number of carbonyl (C=O) groups is 2. The first-order chi connectivity index (χ1) is 12.4. The molecule has 2 N–H and O–H groups in total. The monoisotopic (exact) mass is 355 g/mol. The third-order valence-electron chi connectivity index (χ3n) is 3.63. The number of carboxylic acids is 1. The Morgan fingerprint density at radius 1 is 1.12 bits per heavy atom. The molecule has 1 amide bonds. The molecule has 8 nitrogen and oxygen atoms in total. The van der Waals surface area contributed by atoms with Crippen LogP contribution in [-0.4, -0.2) is 27.6 Å². The van der Waals surface area contributed by atoms with Crippen LogP contribution in [0.1, 0.15) is 34.3 Å². The number of nitrogens with zero attached hydrogens (tertiary/aromatic N) is 2. The standard InChI is InChI=1S/C18H17N3O5/c1-12-11-14(7-9-16(12)21(25)26)18(24)20-19-15(8-10-17(22)23)13-5-3-2-4-6-13/h2-7,9,11H,8,10H2,1H3,(H,20,24)(H,22,23). The van der Waals surface area contributed by atoms with Crippen molar-refractivity contribution >= 4 is 23.3 Å². The molecule has 0 atom stereocenters. The molecular weight excluding hydrogens is 338 g/mol. The number of carbonyl (C=O) groups excluding carboxylic acids is 1. The van der Waals surface area contributed by atoms with Gasteiger partial charge in [-0.15, -0.1) is 0 Å². The van der Waals surface area contributed by atoms with Crippen LogP contribution < -0.4 is 5.43 Å². The fourth-order valence-electron chi connectivity index (χ4n) is 2.31. The number of amides is 1. The average Bonchev–Trinajstić information content (AvgIpc) is 2.61. The first-order valence-corrected chi connectivity index (χ1v) is 7.77. The van der Waals surface area contributed by atoms with Gasteiger partial charge in [-0.3, -0.25) is 19.7 Å². The minimum atomic E-state index is -0.967. The average molecular weight is 355 g/mol. The molecule has 0 aliphatic heterocycles. The lowest BCUT2D eigenvalue weighted by Crippen LogP contribution is -2.20. The lowest BCUT2D eigenvalue weighted by atomic mass is 10.1. The summed E-state index contributed by atoms with van der Waals surface area (Å²) in [6.07, 6.45) is 0.0269. The molecule has 0 aliphatic carbocycles. The summed E-state index contributed by atoms with van der Waals surface area (Å²) in [5.74, 6) is -1.50. The van der Waals surface area contributed by atoms with Crippen molar-refractivity contribution in [2.24, 2.45) is 5.10 Å². The molecule has 0 heterocycles. The van der Waals surface area contributed by atoms with Crippen molar-refractivity contribution in [2.45, 2.75) is 19.8 Å². The van der Waals surface area contributed by atoms with Gasteiger partial charge in [0, 0.05) is 23.6 Å². The van der Waals surface area contributed by atoms with Gasteiger partial charge in [0.2, 0.25) is 0 Å².